The SMILES string of the molecule is CSC1(C#N)CCN(S(=O)(=O)c2cn(C)cn2)CC1. The number of hydrogen-bond donors (Lipinski definition) is 0. The highest BCUT2D eigenvalue weighted by atomic mass is 32.2. The van der Waals surface area contributed by atoms with Gasteiger partial charge < -0.3 is 4.57 Å². The number of hydrogen-bond acceptors (Lipinski definition) is 5. The maximum Gasteiger partial charge on any atom is 0.262 e. The quantitative estimate of drug-likeness (QED) is 0.826. The minimum atomic E-state index is -3.53. The monoisotopic (exact) mass is 300 g/mol. The Morgan fingerprint density at radius 1 is 1.47 bits per heavy atom. The van der Waals surface area contributed by atoms with Gasteiger partial charge in [-0.1, -0.05) is 0 Å². The van der Waals surface area contributed by atoms with E-state index in [4.69, 9.17) is 0 Å². The second-order valence-corrected chi connectivity index (χ2v) is 7.67. The molecule has 1 saturated heterocycles. The summed E-state index contributed by atoms with van der Waals surface area (Å²) in [6, 6.07) is 2.30. The number of aryl methyl sites for hydroxylation is 1. The summed E-state index contributed by atoms with van der Waals surface area (Å²) < 4.78 is 27.3. The van der Waals surface area contributed by atoms with Crippen molar-refractivity contribution in [2.24, 2.45) is 7.05 Å². The summed E-state index contributed by atoms with van der Waals surface area (Å²) in [5.41, 5.74) is 0. The van der Waals surface area contributed by atoms with Crippen LogP contribution in [0.3, 0.4) is 0 Å². The van der Waals surface area contributed by atoms with Gasteiger partial charge in [-0.3, -0.25) is 0 Å². The van der Waals surface area contributed by atoms with Crippen LogP contribution >= 0.6 is 11.8 Å². The molecule has 0 saturated carbocycles. The molecule has 0 aromatic carbocycles. The molecule has 0 bridgehead atoms. The average Bonchev–Trinajstić information content (AvgIpc) is 2.86. The van der Waals surface area contributed by atoms with Crippen molar-refractivity contribution >= 4 is 21.8 Å². The van der Waals surface area contributed by atoms with E-state index in [-0.39, 0.29) is 5.03 Å². The van der Waals surface area contributed by atoms with Gasteiger partial charge in [-0.2, -0.15) is 9.57 Å². The van der Waals surface area contributed by atoms with Crippen LogP contribution in [0.15, 0.2) is 17.6 Å². The number of aromatic nitrogens is 2. The lowest BCUT2D eigenvalue weighted by Gasteiger charge is -2.34. The largest absolute Gasteiger partial charge is 0.339 e. The zero-order valence-electron chi connectivity index (χ0n) is 10.9. The number of imidazole rings is 1. The predicted octanol–water partition coefficient (Wildman–Crippen LogP) is 0.830. The Morgan fingerprint density at radius 3 is 2.53 bits per heavy atom. The first-order chi connectivity index (χ1) is 8.93. The van der Waals surface area contributed by atoms with Crippen molar-refractivity contribution in [2.75, 3.05) is 19.3 Å². The summed E-state index contributed by atoms with van der Waals surface area (Å²) in [4.78, 5) is 3.90. The second-order valence-electron chi connectivity index (χ2n) is 4.59. The molecule has 1 fully saturated rings. The first-order valence-electron chi connectivity index (χ1n) is 5.88. The van der Waals surface area contributed by atoms with E-state index in [2.05, 4.69) is 11.1 Å². The van der Waals surface area contributed by atoms with E-state index >= 15 is 0 Å². The minimum absolute atomic E-state index is 0.0728. The van der Waals surface area contributed by atoms with Crippen LogP contribution in [0, 0.1) is 11.3 Å². The summed E-state index contributed by atoms with van der Waals surface area (Å²) in [5.74, 6) is 0. The Kier molecular flexibility index (Phi) is 3.90. The maximum atomic E-state index is 12.3. The number of rotatable bonds is 3. The van der Waals surface area contributed by atoms with Crippen molar-refractivity contribution in [1.82, 2.24) is 13.9 Å². The highest BCUT2D eigenvalue weighted by Gasteiger charge is 2.38. The Bertz CT molecular complexity index is 594. The van der Waals surface area contributed by atoms with E-state index in [0.29, 0.717) is 25.9 Å². The zero-order valence-corrected chi connectivity index (χ0v) is 12.5. The smallest absolute Gasteiger partial charge is 0.262 e. The van der Waals surface area contributed by atoms with Crippen LogP contribution in [-0.4, -0.2) is 46.4 Å². The second kappa shape index (κ2) is 5.15. The first kappa shape index (κ1) is 14.4. The van der Waals surface area contributed by atoms with E-state index in [1.807, 2.05) is 6.26 Å². The van der Waals surface area contributed by atoms with Crippen LogP contribution in [0.4, 0.5) is 0 Å². The van der Waals surface area contributed by atoms with E-state index in [1.165, 1.54) is 28.6 Å². The molecule has 8 heteroatoms. The highest BCUT2D eigenvalue weighted by molar-refractivity contribution is 8.00. The summed E-state index contributed by atoms with van der Waals surface area (Å²) in [5, 5.41) is 9.27. The molecule has 6 nitrogen and oxygen atoms in total. The van der Waals surface area contributed by atoms with Gasteiger partial charge in [0.25, 0.3) is 10.0 Å². The van der Waals surface area contributed by atoms with Crippen molar-refractivity contribution in [3.05, 3.63) is 12.5 Å². The van der Waals surface area contributed by atoms with Crippen LogP contribution in [0.5, 0.6) is 0 Å². The van der Waals surface area contributed by atoms with Gasteiger partial charge in [0, 0.05) is 26.3 Å². The van der Waals surface area contributed by atoms with Gasteiger partial charge in [0.15, 0.2) is 5.03 Å². The normalized spacial score (nSPS) is 20.1. The van der Waals surface area contributed by atoms with Crippen LogP contribution in [-0.2, 0) is 17.1 Å². The Morgan fingerprint density at radius 2 is 2.11 bits per heavy atom. The number of nitrogens with zero attached hydrogens (tertiary/aromatic N) is 4. The van der Waals surface area contributed by atoms with Gasteiger partial charge in [-0.15, -0.1) is 11.8 Å². The van der Waals surface area contributed by atoms with Crippen LogP contribution in [0.2, 0.25) is 0 Å². The van der Waals surface area contributed by atoms with Crippen molar-refractivity contribution < 1.29 is 8.42 Å². The average molecular weight is 300 g/mol. The molecule has 0 spiro atoms. The number of thioether (sulfide) groups is 1. The lowest BCUT2D eigenvalue weighted by Crippen LogP contribution is -2.44. The van der Waals surface area contributed by atoms with E-state index in [0.717, 1.165) is 0 Å². The van der Waals surface area contributed by atoms with Crippen LogP contribution in [0.25, 0.3) is 0 Å². The van der Waals surface area contributed by atoms with Crippen LogP contribution in [0.1, 0.15) is 12.8 Å². The Balaban J connectivity index is 2.16. The van der Waals surface area contributed by atoms with E-state index < -0.39 is 14.8 Å². The van der Waals surface area contributed by atoms with Crippen molar-refractivity contribution in [1.29, 1.82) is 5.26 Å². The summed E-state index contributed by atoms with van der Waals surface area (Å²) in [7, 11) is -1.79. The third-order valence-electron chi connectivity index (χ3n) is 3.41. The Hall–Kier alpha value is -1.04. The maximum absolute atomic E-state index is 12.3. The number of piperidine rings is 1. The summed E-state index contributed by atoms with van der Waals surface area (Å²) in [6.07, 6.45) is 5.97. The van der Waals surface area contributed by atoms with Gasteiger partial charge in [-0.05, 0) is 19.1 Å². The fraction of sp³-hybridized carbons (Fsp3) is 0.636. The lowest BCUT2D eigenvalue weighted by molar-refractivity contribution is 0.326. The molecule has 1 aromatic rings. The molecule has 2 heterocycles. The molecule has 0 aliphatic carbocycles. The molecule has 0 atom stereocenters. The molecule has 19 heavy (non-hydrogen) atoms. The third-order valence-corrected chi connectivity index (χ3v) is 6.48. The molecule has 0 amide bonds. The van der Waals surface area contributed by atoms with Crippen molar-refractivity contribution in [3.63, 3.8) is 0 Å². The number of sulfonamides is 1. The molecular weight excluding hydrogens is 284 g/mol. The fourth-order valence-electron chi connectivity index (χ4n) is 2.10. The molecule has 0 unspecified atom stereocenters. The zero-order chi connectivity index (χ0) is 14.1. The molecule has 1 aliphatic heterocycles. The molecule has 1 aromatic heterocycles. The standard InChI is InChI=1S/C11H16N4O2S2/c1-14-7-10(13-9-14)19(16,17)15-5-3-11(8-12,18-2)4-6-15/h7,9H,3-6H2,1-2H3. The molecule has 2 rings (SSSR count). The minimum Gasteiger partial charge on any atom is -0.339 e. The van der Waals surface area contributed by atoms with Gasteiger partial charge >= 0.3 is 0 Å². The third kappa shape index (κ3) is 2.63. The number of nitriles is 1. The van der Waals surface area contributed by atoms with Gasteiger partial charge in [0.2, 0.25) is 0 Å². The molecule has 0 N–H and O–H groups in total. The summed E-state index contributed by atoms with van der Waals surface area (Å²) in [6.45, 7) is 0.737. The molecule has 0 radical (unpaired) electrons. The van der Waals surface area contributed by atoms with Crippen molar-refractivity contribution in [3.8, 4) is 6.07 Å². The van der Waals surface area contributed by atoms with E-state index in [9.17, 15) is 13.7 Å². The predicted molar refractivity (Wildman–Crippen MR) is 73.1 cm³/mol. The van der Waals surface area contributed by atoms with Gasteiger partial charge in [0.05, 0.1) is 12.4 Å². The molecule has 104 valence electrons. The summed E-state index contributed by atoms with van der Waals surface area (Å²) >= 11 is 1.50. The lowest BCUT2D eigenvalue weighted by atomic mass is 9.99. The fourth-order valence-corrected chi connectivity index (χ4v) is 4.19. The molecular formula is C11H16N4O2S2. The first-order valence-corrected chi connectivity index (χ1v) is 8.54. The highest BCUT2D eigenvalue weighted by Crippen LogP contribution is 2.35. The van der Waals surface area contributed by atoms with Gasteiger partial charge in [0.1, 0.15) is 4.75 Å². The topological polar surface area (TPSA) is 79.0 Å². The molecule has 1 aliphatic rings. The van der Waals surface area contributed by atoms with Crippen molar-refractivity contribution in [2.45, 2.75) is 22.6 Å². The van der Waals surface area contributed by atoms with Gasteiger partial charge in [-0.25, -0.2) is 13.4 Å². The Labute approximate surface area is 117 Å². The van der Waals surface area contributed by atoms with E-state index in [1.54, 1.807) is 11.6 Å². The van der Waals surface area contributed by atoms with Crippen LogP contribution < -0.4 is 0 Å².